The Balaban J connectivity index is 1.51. The number of piperidine rings is 1. The molecule has 27 heavy (non-hydrogen) atoms. The summed E-state index contributed by atoms with van der Waals surface area (Å²) in [5.74, 6) is -2.51. The van der Waals surface area contributed by atoms with Crippen LogP contribution in [0.3, 0.4) is 0 Å². The topological polar surface area (TPSA) is 43.9 Å². The SMILES string of the molecule is O=C(C1CCCN(C(=O)C(F)(F)F)C1)N1CCN(Cc2ccccc2)CC1. The van der Waals surface area contributed by atoms with Crippen molar-refractivity contribution < 1.29 is 22.8 Å². The molecule has 1 atom stereocenters. The summed E-state index contributed by atoms with van der Waals surface area (Å²) in [5.41, 5.74) is 1.21. The van der Waals surface area contributed by atoms with Crippen LogP contribution in [0.2, 0.25) is 0 Å². The van der Waals surface area contributed by atoms with Gasteiger partial charge in [-0.15, -0.1) is 0 Å². The van der Waals surface area contributed by atoms with Gasteiger partial charge in [0.1, 0.15) is 0 Å². The van der Waals surface area contributed by atoms with E-state index in [0.29, 0.717) is 25.9 Å². The molecule has 2 aliphatic rings. The number of hydrogen-bond acceptors (Lipinski definition) is 3. The van der Waals surface area contributed by atoms with E-state index in [0.717, 1.165) is 24.5 Å². The van der Waals surface area contributed by atoms with Gasteiger partial charge in [0.25, 0.3) is 0 Å². The number of halogens is 3. The molecule has 148 valence electrons. The third-order valence-corrected chi connectivity index (χ3v) is 5.23. The molecule has 0 bridgehead atoms. The summed E-state index contributed by atoms with van der Waals surface area (Å²) in [4.78, 5) is 28.9. The second-order valence-electron chi connectivity index (χ2n) is 7.18. The van der Waals surface area contributed by atoms with Gasteiger partial charge in [-0.05, 0) is 18.4 Å². The Labute approximate surface area is 156 Å². The quantitative estimate of drug-likeness (QED) is 0.803. The summed E-state index contributed by atoms with van der Waals surface area (Å²) in [6.07, 6.45) is -3.93. The first kappa shape index (κ1) is 19.7. The van der Waals surface area contributed by atoms with Crippen molar-refractivity contribution in [3.05, 3.63) is 35.9 Å². The molecule has 2 saturated heterocycles. The lowest BCUT2D eigenvalue weighted by molar-refractivity contribution is -0.187. The van der Waals surface area contributed by atoms with E-state index in [1.165, 1.54) is 5.56 Å². The van der Waals surface area contributed by atoms with Crippen molar-refractivity contribution in [2.45, 2.75) is 25.6 Å². The Kier molecular flexibility index (Phi) is 6.04. The number of piperazine rings is 1. The predicted molar refractivity (Wildman–Crippen MR) is 93.7 cm³/mol. The fraction of sp³-hybridized carbons (Fsp3) is 0.579. The standard InChI is InChI=1S/C19H24F3N3O2/c20-19(21,22)18(27)25-8-4-7-16(14-25)17(26)24-11-9-23(10-12-24)13-15-5-2-1-3-6-15/h1-3,5-6,16H,4,7-14H2. The maximum Gasteiger partial charge on any atom is 0.471 e. The summed E-state index contributed by atoms with van der Waals surface area (Å²) >= 11 is 0. The van der Waals surface area contributed by atoms with Crippen LogP contribution in [0.15, 0.2) is 30.3 Å². The summed E-state index contributed by atoms with van der Waals surface area (Å²) in [5, 5.41) is 0. The van der Waals surface area contributed by atoms with E-state index in [1.807, 2.05) is 18.2 Å². The maximum absolute atomic E-state index is 12.7. The average molecular weight is 383 g/mol. The van der Waals surface area contributed by atoms with Crippen LogP contribution in [0, 0.1) is 5.92 Å². The van der Waals surface area contributed by atoms with Gasteiger partial charge in [-0.3, -0.25) is 14.5 Å². The molecule has 3 rings (SSSR count). The normalized spacial score (nSPS) is 22.0. The summed E-state index contributed by atoms with van der Waals surface area (Å²) in [6, 6.07) is 10.1. The van der Waals surface area contributed by atoms with E-state index < -0.39 is 18.0 Å². The van der Waals surface area contributed by atoms with Gasteiger partial charge in [0.2, 0.25) is 5.91 Å². The lowest BCUT2D eigenvalue weighted by Gasteiger charge is -2.39. The van der Waals surface area contributed by atoms with E-state index in [1.54, 1.807) is 4.90 Å². The van der Waals surface area contributed by atoms with Gasteiger partial charge in [-0.1, -0.05) is 30.3 Å². The fourth-order valence-electron chi connectivity index (χ4n) is 3.77. The lowest BCUT2D eigenvalue weighted by Crippen LogP contribution is -2.54. The minimum atomic E-state index is -4.88. The maximum atomic E-state index is 12.7. The molecule has 0 spiro atoms. The molecule has 0 saturated carbocycles. The molecule has 2 fully saturated rings. The number of carbonyl (C=O) groups excluding carboxylic acids is 2. The lowest BCUT2D eigenvalue weighted by atomic mass is 9.96. The highest BCUT2D eigenvalue weighted by molar-refractivity contribution is 5.84. The van der Waals surface area contributed by atoms with Gasteiger partial charge in [0, 0.05) is 45.8 Å². The van der Waals surface area contributed by atoms with Crippen molar-refractivity contribution in [1.29, 1.82) is 0 Å². The Hall–Kier alpha value is -2.09. The van der Waals surface area contributed by atoms with Gasteiger partial charge in [0.05, 0.1) is 5.92 Å². The molecule has 1 aromatic carbocycles. The van der Waals surface area contributed by atoms with Crippen LogP contribution in [0.5, 0.6) is 0 Å². The van der Waals surface area contributed by atoms with Gasteiger partial charge < -0.3 is 9.80 Å². The van der Waals surface area contributed by atoms with E-state index in [2.05, 4.69) is 17.0 Å². The number of carbonyl (C=O) groups is 2. The number of benzene rings is 1. The van der Waals surface area contributed by atoms with Crippen LogP contribution < -0.4 is 0 Å². The van der Waals surface area contributed by atoms with Crippen LogP contribution >= 0.6 is 0 Å². The Morgan fingerprint density at radius 3 is 2.26 bits per heavy atom. The number of alkyl halides is 3. The zero-order chi connectivity index (χ0) is 19.4. The first-order valence-electron chi connectivity index (χ1n) is 9.26. The molecular formula is C19H24F3N3O2. The molecule has 2 heterocycles. The largest absolute Gasteiger partial charge is 0.471 e. The van der Waals surface area contributed by atoms with Crippen LogP contribution in [-0.4, -0.2) is 72.0 Å². The second kappa shape index (κ2) is 8.29. The molecule has 1 unspecified atom stereocenters. The summed E-state index contributed by atoms with van der Waals surface area (Å²) in [6.45, 7) is 3.34. The predicted octanol–water partition coefficient (Wildman–Crippen LogP) is 2.13. The van der Waals surface area contributed by atoms with Gasteiger partial charge in [-0.25, -0.2) is 0 Å². The zero-order valence-electron chi connectivity index (χ0n) is 15.1. The van der Waals surface area contributed by atoms with Crippen molar-refractivity contribution in [1.82, 2.24) is 14.7 Å². The monoisotopic (exact) mass is 383 g/mol. The number of hydrogen-bond donors (Lipinski definition) is 0. The second-order valence-corrected chi connectivity index (χ2v) is 7.18. The van der Waals surface area contributed by atoms with Crippen LogP contribution in [-0.2, 0) is 16.1 Å². The third kappa shape index (κ3) is 5.00. The van der Waals surface area contributed by atoms with E-state index in [-0.39, 0.29) is 19.0 Å². The molecule has 0 aromatic heterocycles. The van der Waals surface area contributed by atoms with Crippen molar-refractivity contribution >= 4 is 11.8 Å². The molecule has 0 radical (unpaired) electrons. The number of amides is 2. The molecule has 2 amide bonds. The molecule has 5 nitrogen and oxygen atoms in total. The highest BCUT2D eigenvalue weighted by atomic mass is 19.4. The molecular weight excluding hydrogens is 359 g/mol. The Bertz CT molecular complexity index is 658. The summed E-state index contributed by atoms with van der Waals surface area (Å²) in [7, 11) is 0. The van der Waals surface area contributed by atoms with Crippen molar-refractivity contribution in [3.8, 4) is 0 Å². The number of likely N-dealkylation sites (tertiary alicyclic amines) is 1. The van der Waals surface area contributed by atoms with Crippen LogP contribution in [0.4, 0.5) is 13.2 Å². The zero-order valence-corrected chi connectivity index (χ0v) is 15.1. The highest BCUT2D eigenvalue weighted by Crippen LogP contribution is 2.25. The van der Waals surface area contributed by atoms with Gasteiger partial charge in [-0.2, -0.15) is 13.2 Å². The Morgan fingerprint density at radius 1 is 0.963 bits per heavy atom. The van der Waals surface area contributed by atoms with Gasteiger partial charge in [0.15, 0.2) is 0 Å². The average Bonchev–Trinajstić information content (AvgIpc) is 2.67. The van der Waals surface area contributed by atoms with E-state index in [9.17, 15) is 22.8 Å². The number of rotatable bonds is 3. The summed E-state index contributed by atoms with van der Waals surface area (Å²) < 4.78 is 37.9. The van der Waals surface area contributed by atoms with Crippen molar-refractivity contribution in [2.24, 2.45) is 5.92 Å². The fourth-order valence-corrected chi connectivity index (χ4v) is 3.77. The molecule has 1 aromatic rings. The minimum absolute atomic E-state index is 0.0625. The Morgan fingerprint density at radius 2 is 1.63 bits per heavy atom. The first-order valence-corrected chi connectivity index (χ1v) is 9.26. The van der Waals surface area contributed by atoms with Crippen molar-refractivity contribution in [3.63, 3.8) is 0 Å². The highest BCUT2D eigenvalue weighted by Gasteiger charge is 2.44. The van der Waals surface area contributed by atoms with E-state index in [4.69, 9.17) is 0 Å². The number of nitrogens with zero attached hydrogens (tertiary/aromatic N) is 3. The van der Waals surface area contributed by atoms with Crippen LogP contribution in [0.1, 0.15) is 18.4 Å². The molecule has 0 N–H and O–H groups in total. The van der Waals surface area contributed by atoms with Crippen LogP contribution in [0.25, 0.3) is 0 Å². The molecule has 0 aliphatic carbocycles. The van der Waals surface area contributed by atoms with Gasteiger partial charge >= 0.3 is 12.1 Å². The van der Waals surface area contributed by atoms with E-state index >= 15 is 0 Å². The van der Waals surface area contributed by atoms with Crippen molar-refractivity contribution in [2.75, 3.05) is 39.3 Å². The molecule has 2 aliphatic heterocycles. The molecule has 8 heteroatoms. The first-order chi connectivity index (χ1) is 12.8. The third-order valence-electron chi connectivity index (χ3n) is 5.23. The smallest absolute Gasteiger partial charge is 0.340 e. The minimum Gasteiger partial charge on any atom is -0.340 e.